The third kappa shape index (κ3) is 5.56. The number of carbonyl (C=O) groups is 1. The normalized spacial score (nSPS) is 14.6. The van der Waals surface area contributed by atoms with Crippen LogP contribution in [0.2, 0.25) is 0 Å². The fourth-order valence-electron chi connectivity index (χ4n) is 3.02. The molecule has 1 saturated carbocycles. The largest absolute Gasteiger partial charge is 0.493 e. The topological polar surface area (TPSA) is 85.1 Å². The summed E-state index contributed by atoms with van der Waals surface area (Å²) in [7, 11) is 1.50. The second-order valence-electron chi connectivity index (χ2n) is 6.46. The number of hydrogen-bond donors (Lipinski definition) is 2. The molecule has 1 heterocycles. The predicted molar refractivity (Wildman–Crippen MR) is 110 cm³/mol. The molecule has 0 unspecified atom stereocenters. The van der Waals surface area contributed by atoms with Crippen LogP contribution >= 0.6 is 12.2 Å². The molecular weight excluding hydrogens is 378 g/mol. The van der Waals surface area contributed by atoms with Crippen LogP contribution in [0.15, 0.2) is 46.1 Å². The van der Waals surface area contributed by atoms with Gasteiger partial charge in [-0.05, 0) is 61.0 Å². The Morgan fingerprint density at radius 1 is 1.25 bits per heavy atom. The summed E-state index contributed by atoms with van der Waals surface area (Å²) in [5.74, 6) is 0.233. The van der Waals surface area contributed by atoms with E-state index in [0.29, 0.717) is 22.7 Å². The number of benzene rings is 1. The number of hydrogen-bond acceptors (Lipinski definition) is 6. The van der Waals surface area contributed by atoms with Crippen LogP contribution in [0.1, 0.15) is 48.2 Å². The maximum atomic E-state index is 12.0. The molecule has 2 N–H and O–H groups in total. The molecule has 2 aromatic rings. The van der Waals surface area contributed by atoms with Crippen LogP contribution in [0.3, 0.4) is 0 Å². The number of nitrogens with zero attached hydrogens (tertiary/aromatic N) is 1. The first-order valence-electron chi connectivity index (χ1n) is 9.19. The number of esters is 1. The van der Waals surface area contributed by atoms with Crippen LogP contribution in [0.5, 0.6) is 11.5 Å². The Kier molecular flexibility index (Phi) is 7.02. The molecule has 0 amide bonds. The minimum atomic E-state index is -0.592. The Bertz CT molecular complexity index is 830. The van der Waals surface area contributed by atoms with Crippen LogP contribution in [0.25, 0.3) is 0 Å². The standard InChI is InChI=1S/C20H23N3O4S/c1-25-18-12-14(9-10-16(18)27-19(24)17-8-5-11-26-17)13-21-23-20(28)22-15-6-3-2-4-7-15/h5,8-13,15H,2-4,6-7H2,1H3,(H2,22,23,28)/b21-13-. The van der Waals surface area contributed by atoms with Gasteiger partial charge in [0.2, 0.25) is 5.76 Å². The molecule has 0 spiro atoms. The van der Waals surface area contributed by atoms with Crippen molar-refractivity contribution in [3.8, 4) is 11.5 Å². The number of nitrogens with one attached hydrogen (secondary N) is 2. The molecule has 1 aliphatic carbocycles. The van der Waals surface area contributed by atoms with Gasteiger partial charge in [-0.1, -0.05) is 19.3 Å². The summed E-state index contributed by atoms with van der Waals surface area (Å²) < 4.78 is 15.7. The van der Waals surface area contributed by atoms with Crippen molar-refractivity contribution in [2.45, 2.75) is 38.1 Å². The first-order chi connectivity index (χ1) is 13.7. The van der Waals surface area contributed by atoms with E-state index in [4.69, 9.17) is 26.1 Å². The van der Waals surface area contributed by atoms with Crippen LogP contribution in [0, 0.1) is 0 Å². The van der Waals surface area contributed by atoms with Crippen LogP contribution in [0.4, 0.5) is 0 Å². The first kappa shape index (κ1) is 19.9. The summed E-state index contributed by atoms with van der Waals surface area (Å²) in [6.07, 6.45) is 9.08. The molecule has 148 valence electrons. The average molecular weight is 401 g/mol. The van der Waals surface area contributed by atoms with E-state index in [1.54, 1.807) is 30.5 Å². The molecule has 3 rings (SSSR count). The highest BCUT2D eigenvalue weighted by Crippen LogP contribution is 2.28. The van der Waals surface area contributed by atoms with Gasteiger partial charge in [-0.15, -0.1) is 0 Å². The Morgan fingerprint density at radius 3 is 2.79 bits per heavy atom. The molecule has 0 bridgehead atoms. The van der Waals surface area contributed by atoms with Crippen LogP contribution in [-0.2, 0) is 0 Å². The molecule has 0 radical (unpaired) electrons. The van der Waals surface area contributed by atoms with Crippen molar-refractivity contribution < 1.29 is 18.7 Å². The molecule has 0 saturated heterocycles. The summed E-state index contributed by atoms with van der Waals surface area (Å²) in [5, 5.41) is 7.96. The van der Waals surface area contributed by atoms with Gasteiger partial charge in [-0.25, -0.2) is 4.79 Å². The quantitative estimate of drug-likeness (QED) is 0.251. The van der Waals surface area contributed by atoms with Gasteiger partial charge < -0.3 is 19.2 Å². The van der Waals surface area contributed by atoms with Crippen molar-refractivity contribution in [1.82, 2.24) is 10.7 Å². The average Bonchev–Trinajstić information content (AvgIpc) is 3.25. The van der Waals surface area contributed by atoms with E-state index in [-0.39, 0.29) is 5.76 Å². The smallest absolute Gasteiger partial charge is 0.379 e. The van der Waals surface area contributed by atoms with E-state index < -0.39 is 5.97 Å². The van der Waals surface area contributed by atoms with Gasteiger partial charge in [-0.2, -0.15) is 5.10 Å². The molecule has 8 heteroatoms. The minimum absolute atomic E-state index is 0.121. The molecule has 1 aromatic carbocycles. The van der Waals surface area contributed by atoms with Crippen molar-refractivity contribution in [3.63, 3.8) is 0 Å². The number of thiocarbonyl (C=S) groups is 1. The zero-order chi connectivity index (χ0) is 19.8. The zero-order valence-corrected chi connectivity index (χ0v) is 16.5. The summed E-state index contributed by atoms with van der Waals surface area (Å²) in [6.45, 7) is 0. The van der Waals surface area contributed by atoms with Gasteiger partial charge in [0.1, 0.15) is 0 Å². The zero-order valence-electron chi connectivity index (χ0n) is 15.6. The third-order valence-electron chi connectivity index (χ3n) is 4.43. The molecule has 0 atom stereocenters. The highest BCUT2D eigenvalue weighted by Gasteiger charge is 2.15. The lowest BCUT2D eigenvalue weighted by Gasteiger charge is -2.23. The highest BCUT2D eigenvalue weighted by molar-refractivity contribution is 7.80. The van der Waals surface area contributed by atoms with Gasteiger partial charge in [0, 0.05) is 6.04 Å². The summed E-state index contributed by atoms with van der Waals surface area (Å²) >= 11 is 5.28. The second-order valence-corrected chi connectivity index (χ2v) is 6.86. The maximum absolute atomic E-state index is 12.0. The number of methoxy groups -OCH3 is 1. The van der Waals surface area contributed by atoms with Crippen molar-refractivity contribution >= 4 is 29.5 Å². The SMILES string of the molecule is COc1cc(/C=N\NC(=S)NC2CCCCC2)ccc1OC(=O)c1ccco1. The van der Waals surface area contributed by atoms with E-state index in [9.17, 15) is 4.79 Å². The molecule has 28 heavy (non-hydrogen) atoms. The third-order valence-corrected chi connectivity index (χ3v) is 4.64. The van der Waals surface area contributed by atoms with Gasteiger partial charge in [-0.3, -0.25) is 5.43 Å². The fraction of sp³-hybridized carbons (Fsp3) is 0.350. The van der Waals surface area contributed by atoms with E-state index in [1.807, 2.05) is 0 Å². The Morgan fingerprint density at radius 2 is 2.07 bits per heavy atom. The first-order valence-corrected chi connectivity index (χ1v) is 9.60. The number of hydrazone groups is 1. The van der Waals surface area contributed by atoms with E-state index in [2.05, 4.69) is 15.8 Å². The number of carbonyl (C=O) groups excluding carboxylic acids is 1. The molecule has 7 nitrogen and oxygen atoms in total. The Labute approximate surface area is 169 Å². The lowest BCUT2D eigenvalue weighted by Crippen LogP contribution is -2.40. The molecular formula is C20H23N3O4S. The number of ether oxygens (including phenoxy) is 2. The summed E-state index contributed by atoms with van der Waals surface area (Å²) in [4.78, 5) is 12.0. The minimum Gasteiger partial charge on any atom is -0.493 e. The van der Waals surface area contributed by atoms with Crippen molar-refractivity contribution in [1.29, 1.82) is 0 Å². The summed E-state index contributed by atoms with van der Waals surface area (Å²) in [6, 6.07) is 8.69. The number of furan rings is 1. The van der Waals surface area contributed by atoms with Crippen molar-refractivity contribution in [2.24, 2.45) is 5.10 Å². The van der Waals surface area contributed by atoms with Gasteiger partial charge in [0.15, 0.2) is 16.6 Å². The lowest BCUT2D eigenvalue weighted by atomic mass is 9.96. The van der Waals surface area contributed by atoms with E-state index in [0.717, 1.165) is 18.4 Å². The van der Waals surface area contributed by atoms with Crippen molar-refractivity contribution in [3.05, 3.63) is 47.9 Å². The molecule has 1 fully saturated rings. The fourth-order valence-corrected chi connectivity index (χ4v) is 3.24. The number of rotatable bonds is 6. The highest BCUT2D eigenvalue weighted by atomic mass is 32.1. The van der Waals surface area contributed by atoms with E-state index in [1.165, 1.54) is 38.7 Å². The maximum Gasteiger partial charge on any atom is 0.379 e. The van der Waals surface area contributed by atoms with Crippen LogP contribution < -0.4 is 20.2 Å². The van der Waals surface area contributed by atoms with Gasteiger partial charge in [0.25, 0.3) is 0 Å². The Balaban J connectivity index is 1.56. The molecule has 0 aliphatic heterocycles. The summed E-state index contributed by atoms with van der Waals surface area (Å²) in [5.41, 5.74) is 3.60. The Hall–Kier alpha value is -2.87. The second kappa shape index (κ2) is 9.89. The molecule has 1 aliphatic rings. The van der Waals surface area contributed by atoms with Crippen molar-refractivity contribution in [2.75, 3.05) is 7.11 Å². The van der Waals surface area contributed by atoms with Crippen LogP contribution in [-0.4, -0.2) is 30.4 Å². The monoisotopic (exact) mass is 401 g/mol. The van der Waals surface area contributed by atoms with E-state index >= 15 is 0 Å². The predicted octanol–water partition coefficient (Wildman–Crippen LogP) is 3.64. The molecule has 1 aromatic heterocycles. The lowest BCUT2D eigenvalue weighted by molar-refractivity contribution is 0.0696. The van der Waals surface area contributed by atoms with Gasteiger partial charge in [0.05, 0.1) is 19.6 Å². The van der Waals surface area contributed by atoms with Gasteiger partial charge >= 0.3 is 5.97 Å².